The molecule has 0 amide bonds. The summed E-state index contributed by atoms with van der Waals surface area (Å²) in [5.41, 5.74) is 6.96. The molecule has 0 aliphatic rings. The molecular formula is C24H15BO2. The van der Waals surface area contributed by atoms with Gasteiger partial charge in [0.05, 0.1) is 0 Å². The smallest absolute Gasteiger partial charge is 0.144 e. The van der Waals surface area contributed by atoms with Crippen molar-refractivity contribution in [1.82, 2.24) is 0 Å². The van der Waals surface area contributed by atoms with E-state index in [1.165, 1.54) is 0 Å². The predicted molar refractivity (Wildman–Crippen MR) is 115 cm³/mol. The molecule has 0 atom stereocenters. The zero-order valence-electron chi connectivity index (χ0n) is 14.8. The summed E-state index contributed by atoms with van der Waals surface area (Å²) in [6.45, 7) is 0. The first kappa shape index (κ1) is 14.7. The van der Waals surface area contributed by atoms with Gasteiger partial charge in [0.2, 0.25) is 0 Å². The Morgan fingerprint density at radius 3 is 1.81 bits per heavy atom. The van der Waals surface area contributed by atoms with E-state index in [-0.39, 0.29) is 0 Å². The van der Waals surface area contributed by atoms with Crippen molar-refractivity contribution < 1.29 is 8.83 Å². The Labute approximate surface area is 156 Å². The lowest BCUT2D eigenvalue weighted by atomic mass is 9.94. The van der Waals surface area contributed by atoms with E-state index in [0.29, 0.717) is 0 Å². The van der Waals surface area contributed by atoms with Crippen LogP contribution < -0.4 is 5.46 Å². The third kappa shape index (κ3) is 1.97. The van der Waals surface area contributed by atoms with Gasteiger partial charge >= 0.3 is 0 Å². The molecule has 2 aromatic heterocycles. The van der Waals surface area contributed by atoms with Crippen LogP contribution in [0.25, 0.3) is 55.0 Å². The third-order valence-corrected chi connectivity index (χ3v) is 5.42. The summed E-state index contributed by atoms with van der Waals surface area (Å²) in [5, 5.41) is 4.57. The first-order valence-corrected chi connectivity index (χ1v) is 9.13. The SMILES string of the molecule is Bc1cccc2c1oc1c(-c3cccc4c3oc3ccccc34)cccc12. The lowest BCUT2D eigenvalue weighted by molar-refractivity contribution is 0.666. The lowest BCUT2D eigenvalue weighted by Gasteiger charge is -2.03. The Balaban J connectivity index is 1.76. The molecule has 0 bridgehead atoms. The van der Waals surface area contributed by atoms with Gasteiger partial charge < -0.3 is 8.83 Å². The molecule has 0 aliphatic carbocycles. The molecule has 0 N–H and O–H groups in total. The molecule has 3 heteroatoms. The van der Waals surface area contributed by atoms with Crippen LogP contribution in [0.2, 0.25) is 0 Å². The van der Waals surface area contributed by atoms with Crippen molar-refractivity contribution >= 4 is 57.2 Å². The minimum Gasteiger partial charge on any atom is -0.456 e. The van der Waals surface area contributed by atoms with Crippen molar-refractivity contribution in [3.8, 4) is 11.1 Å². The number of fused-ring (bicyclic) bond motifs is 6. The van der Waals surface area contributed by atoms with Crippen molar-refractivity contribution in [2.75, 3.05) is 0 Å². The van der Waals surface area contributed by atoms with Crippen LogP contribution in [0, 0.1) is 0 Å². The van der Waals surface area contributed by atoms with Gasteiger partial charge in [0.15, 0.2) is 0 Å². The van der Waals surface area contributed by atoms with Crippen molar-refractivity contribution in [2.24, 2.45) is 0 Å². The molecule has 0 radical (unpaired) electrons. The predicted octanol–water partition coefficient (Wildman–Crippen LogP) is 5.41. The van der Waals surface area contributed by atoms with Crippen LogP contribution in [0.15, 0.2) is 87.7 Å². The van der Waals surface area contributed by atoms with Gasteiger partial charge in [-0.2, -0.15) is 0 Å². The van der Waals surface area contributed by atoms with Crippen LogP contribution in [0.3, 0.4) is 0 Å². The second-order valence-corrected chi connectivity index (χ2v) is 7.02. The molecule has 6 rings (SSSR count). The Hall–Kier alpha value is -3.46. The van der Waals surface area contributed by atoms with Gasteiger partial charge in [-0.25, -0.2) is 0 Å². The highest BCUT2D eigenvalue weighted by atomic mass is 16.3. The van der Waals surface area contributed by atoms with Gasteiger partial charge in [-0.1, -0.05) is 72.8 Å². The van der Waals surface area contributed by atoms with E-state index in [0.717, 1.165) is 60.5 Å². The maximum Gasteiger partial charge on any atom is 0.144 e. The molecule has 0 spiro atoms. The van der Waals surface area contributed by atoms with Gasteiger partial charge in [0, 0.05) is 32.7 Å². The molecule has 0 saturated carbocycles. The van der Waals surface area contributed by atoms with Crippen LogP contribution in [0.1, 0.15) is 0 Å². The minimum absolute atomic E-state index is 0.906. The number of hydrogen-bond donors (Lipinski definition) is 0. The van der Waals surface area contributed by atoms with Gasteiger partial charge in [0.25, 0.3) is 0 Å². The molecule has 2 heterocycles. The topological polar surface area (TPSA) is 26.3 Å². The fourth-order valence-corrected chi connectivity index (χ4v) is 4.13. The normalized spacial score (nSPS) is 11.9. The fourth-order valence-electron chi connectivity index (χ4n) is 4.13. The zero-order chi connectivity index (χ0) is 18.0. The lowest BCUT2D eigenvalue weighted by Crippen LogP contribution is -2.00. The minimum atomic E-state index is 0.906. The van der Waals surface area contributed by atoms with Crippen LogP contribution >= 0.6 is 0 Å². The molecule has 0 saturated heterocycles. The second-order valence-electron chi connectivity index (χ2n) is 7.02. The molecule has 0 aliphatic heterocycles. The Morgan fingerprint density at radius 1 is 0.481 bits per heavy atom. The van der Waals surface area contributed by atoms with Gasteiger partial charge in [-0.3, -0.25) is 0 Å². The average molecular weight is 346 g/mol. The third-order valence-electron chi connectivity index (χ3n) is 5.42. The van der Waals surface area contributed by atoms with E-state index in [4.69, 9.17) is 8.83 Å². The quantitative estimate of drug-likeness (QED) is 0.372. The van der Waals surface area contributed by atoms with Crippen LogP contribution in [0.5, 0.6) is 0 Å². The molecule has 0 fully saturated rings. The summed E-state index contributed by atoms with van der Waals surface area (Å²) in [6.07, 6.45) is 0. The van der Waals surface area contributed by atoms with E-state index >= 15 is 0 Å². The van der Waals surface area contributed by atoms with E-state index in [2.05, 4.69) is 68.5 Å². The van der Waals surface area contributed by atoms with E-state index in [1.54, 1.807) is 0 Å². The van der Waals surface area contributed by atoms with Gasteiger partial charge in [0.1, 0.15) is 30.2 Å². The molecule has 27 heavy (non-hydrogen) atoms. The highest BCUT2D eigenvalue weighted by Crippen LogP contribution is 2.40. The van der Waals surface area contributed by atoms with Gasteiger partial charge in [-0.05, 0) is 11.5 Å². The van der Waals surface area contributed by atoms with Crippen LogP contribution in [0.4, 0.5) is 0 Å². The number of rotatable bonds is 1. The summed E-state index contributed by atoms with van der Waals surface area (Å²) < 4.78 is 12.6. The second kappa shape index (κ2) is 5.27. The summed E-state index contributed by atoms with van der Waals surface area (Å²) in [7, 11) is 2.09. The highest BCUT2D eigenvalue weighted by Gasteiger charge is 2.17. The Bertz CT molecular complexity index is 1490. The standard InChI is InChI=1S/C24H15BO2/c25-20-12-5-11-19-18-10-4-9-17(23(18)27-24(19)20)16-8-3-7-15-14-6-1-2-13-21(14)26-22(15)16/h1-13H,25H2. The zero-order valence-corrected chi connectivity index (χ0v) is 14.8. The number of furan rings is 2. The van der Waals surface area contributed by atoms with E-state index in [9.17, 15) is 0 Å². The molecule has 4 aromatic carbocycles. The number of hydrogen-bond acceptors (Lipinski definition) is 2. The van der Waals surface area contributed by atoms with Crippen molar-refractivity contribution in [2.45, 2.75) is 0 Å². The molecular weight excluding hydrogens is 331 g/mol. The molecule has 0 unspecified atom stereocenters. The molecule has 2 nitrogen and oxygen atoms in total. The Kier molecular flexibility index (Phi) is 2.87. The largest absolute Gasteiger partial charge is 0.456 e. The fraction of sp³-hybridized carbons (Fsp3) is 0. The van der Waals surface area contributed by atoms with Crippen molar-refractivity contribution in [3.63, 3.8) is 0 Å². The number of para-hydroxylation sites is 4. The first-order chi connectivity index (χ1) is 13.3. The van der Waals surface area contributed by atoms with E-state index < -0.39 is 0 Å². The average Bonchev–Trinajstić information content (AvgIpc) is 3.27. The molecule has 6 aromatic rings. The van der Waals surface area contributed by atoms with Crippen LogP contribution in [-0.2, 0) is 0 Å². The molecule has 126 valence electrons. The van der Waals surface area contributed by atoms with E-state index in [1.807, 2.05) is 18.2 Å². The highest BCUT2D eigenvalue weighted by molar-refractivity contribution is 6.39. The maximum absolute atomic E-state index is 6.35. The van der Waals surface area contributed by atoms with Crippen LogP contribution in [-0.4, -0.2) is 7.85 Å². The summed E-state index contributed by atoms with van der Waals surface area (Å²) in [5.74, 6) is 0. The summed E-state index contributed by atoms with van der Waals surface area (Å²) >= 11 is 0. The summed E-state index contributed by atoms with van der Waals surface area (Å²) in [6, 6.07) is 27.1. The van der Waals surface area contributed by atoms with Crippen molar-refractivity contribution in [3.05, 3.63) is 78.9 Å². The van der Waals surface area contributed by atoms with Gasteiger partial charge in [-0.15, -0.1) is 0 Å². The first-order valence-electron chi connectivity index (χ1n) is 9.13. The Morgan fingerprint density at radius 2 is 1.04 bits per heavy atom. The maximum atomic E-state index is 6.35. The number of benzene rings is 4. The van der Waals surface area contributed by atoms with Crippen molar-refractivity contribution in [1.29, 1.82) is 0 Å². The monoisotopic (exact) mass is 346 g/mol. The summed E-state index contributed by atoms with van der Waals surface area (Å²) in [4.78, 5) is 0.